The van der Waals surface area contributed by atoms with Gasteiger partial charge in [0, 0.05) is 10.5 Å². The zero-order chi connectivity index (χ0) is 16.4. The molecule has 4 heteroatoms. The monoisotopic (exact) mass is 320 g/mol. The first-order chi connectivity index (χ1) is 9.39. The highest BCUT2D eigenvalue weighted by molar-refractivity contribution is 7.80. The van der Waals surface area contributed by atoms with Crippen molar-refractivity contribution in [3.8, 4) is 11.5 Å². The Hall–Kier alpha value is -1.18. The summed E-state index contributed by atoms with van der Waals surface area (Å²) in [4.78, 5) is 13.1. The Kier molecular flexibility index (Phi) is 5.35. The molecule has 0 fully saturated rings. The summed E-state index contributed by atoms with van der Waals surface area (Å²) in [5, 5.41) is 0. The molecule has 0 N–H and O–H groups in total. The smallest absolute Gasteiger partial charge is 0.338 e. The van der Waals surface area contributed by atoms with Crippen molar-refractivity contribution in [2.75, 3.05) is 0 Å². The van der Waals surface area contributed by atoms with Gasteiger partial charge in [0.2, 0.25) is 0 Å². The molecular weight excluding hydrogens is 296 g/mol. The van der Waals surface area contributed by atoms with Crippen molar-refractivity contribution in [3.05, 3.63) is 28.8 Å². The number of hydrogen-bond donors (Lipinski definition) is 1. The summed E-state index contributed by atoms with van der Waals surface area (Å²) in [7, 11) is -1.46. The number of thiol groups is 1. The van der Waals surface area contributed by atoms with E-state index in [1.165, 1.54) is 0 Å². The second-order valence-electron chi connectivity index (χ2n) is 7.17. The van der Waals surface area contributed by atoms with Crippen LogP contribution < -0.4 is 0 Å². The van der Waals surface area contributed by atoms with Gasteiger partial charge >= 0.3 is 5.97 Å². The second kappa shape index (κ2) is 6.29. The largest absolute Gasteiger partial charge is 0.456 e. The molecule has 2 nitrogen and oxygen atoms in total. The van der Waals surface area contributed by atoms with Crippen LogP contribution in [-0.2, 0) is 4.74 Å². The van der Waals surface area contributed by atoms with E-state index in [9.17, 15) is 4.79 Å². The van der Waals surface area contributed by atoms with Crippen molar-refractivity contribution in [2.24, 2.45) is 0 Å². The number of benzene rings is 1. The van der Waals surface area contributed by atoms with Gasteiger partial charge in [-0.3, -0.25) is 0 Å². The van der Waals surface area contributed by atoms with Crippen LogP contribution >= 0.6 is 12.6 Å². The lowest BCUT2D eigenvalue weighted by molar-refractivity contribution is 0.00684. The van der Waals surface area contributed by atoms with Gasteiger partial charge in [0.25, 0.3) is 0 Å². The van der Waals surface area contributed by atoms with Crippen LogP contribution in [0.2, 0.25) is 19.6 Å². The first kappa shape index (κ1) is 17.9. The third-order valence-corrected chi connectivity index (χ3v) is 3.92. The molecule has 0 radical (unpaired) electrons. The molecule has 1 aromatic rings. The molecule has 1 aromatic carbocycles. The molecule has 0 saturated heterocycles. The first-order valence-corrected chi connectivity index (χ1v) is 10.9. The number of carbonyl (C=O) groups is 1. The van der Waals surface area contributed by atoms with Gasteiger partial charge in [0.1, 0.15) is 13.7 Å². The lowest BCUT2D eigenvalue weighted by atomic mass is 10.0. The van der Waals surface area contributed by atoms with E-state index >= 15 is 0 Å². The maximum atomic E-state index is 12.3. The Bertz CT molecular complexity index is 611. The molecule has 0 unspecified atom stereocenters. The molecule has 0 amide bonds. The van der Waals surface area contributed by atoms with E-state index in [-0.39, 0.29) is 5.97 Å². The topological polar surface area (TPSA) is 26.3 Å². The van der Waals surface area contributed by atoms with E-state index < -0.39 is 13.7 Å². The molecular formula is C17H24O2SSi. The van der Waals surface area contributed by atoms with Crippen LogP contribution in [0.25, 0.3) is 0 Å². The van der Waals surface area contributed by atoms with Crippen molar-refractivity contribution >= 4 is 26.7 Å². The van der Waals surface area contributed by atoms with Gasteiger partial charge in [0.05, 0.1) is 5.56 Å². The second-order valence-corrected chi connectivity index (χ2v) is 12.4. The molecule has 0 aliphatic heterocycles. The number of rotatable bonds is 1. The molecule has 0 aromatic heterocycles. The Morgan fingerprint density at radius 1 is 1.24 bits per heavy atom. The van der Waals surface area contributed by atoms with E-state index in [4.69, 9.17) is 4.74 Å². The minimum absolute atomic E-state index is 0.327. The Balaban J connectivity index is 3.24. The number of esters is 1. The molecule has 0 aliphatic carbocycles. The highest BCUT2D eigenvalue weighted by atomic mass is 32.1. The fourth-order valence-electron chi connectivity index (χ4n) is 1.58. The summed E-state index contributed by atoms with van der Waals surface area (Å²) >= 11 is 4.44. The molecule has 0 saturated carbocycles. The number of carbonyl (C=O) groups excluding carboxylic acids is 1. The summed E-state index contributed by atoms with van der Waals surface area (Å²) in [5.74, 6) is 2.84. The fraction of sp³-hybridized carbons (Fsp3) is 0.471. The van der Waals surface area contributed by atoms with E-state index in [0.717, 1.165) is 16.0 Å². The van der Waals surface area contributed by atoms with Crippen LogP contribution in [-0.4, -0.2) is 19.6 Å². The molecule has 1 rings (SSSR count). The first-order valence-electron chi connectivity index (χ1n) is 6.99. The van der Waals surface area contributed by atoms with Crippen molar-refractivity contribution in [2.45, 2.75) is 57.8 Å². The number of ether oxygens (including phenoxy) is 1. The lowest BCUT2D eigenvalue weighted by Crippen LogP contribution is -2.24. The molecule has 0 aliphatic rings. The minimum Gasteiger partial charge on any atom is -0.456 e. The van der Waals surface area contributed by atoms with Crippen LogP contribution in [0.3, 0.4) is 0 Å². The molecule has 21 heavy (non-hydrogen) atoms. The predicted molar refractivity (Wildman–Crippen MR) is 93.8 cm³/mol. The number of hydrogen-bond acceptors (Lipinski definition) is 3. The Labute approximate surface area is 134 Å². The van der Waals surface area contributed by atoms with Crippen LogP contribution in [0.5, 0.6) is 0 Å². The highest BCUT2D eigenvalue weighted by Gasteiger charge is 2.20. The average Bonchev–Trinajstić information content (AvgIpc) is 2.27. The highest BCUT2D eigenvalue weighted by Crippen LogP contribution is 2.22. The van der Waals surface area contributed by atoms with Gasteiger partial charge in [-0.15, -0.1) is 18.2 Å². The summed E-state index contributed by atoms with van der Waals surface area (Å²) in [6, 6.07) is 3.70. The average molecular weight is 321 g/mol. The maximum absolute atomic E-state index is 12.3. The SMILES string of the molecule is Cc1c(S)cc(C#C[Si](C)(C)C)cc1C(=O)OC(C)(C)C. The Morgan fingerprint density at radius 3 is 2.29 bits per heavy atom. The normalized spacial score (nSPS) is 11.6. The molecule has 114 valence electrons. The van der Waals surface area contributed by atoms with Gasteiger partial charge in [0.15, 0.2) is 0 Å². The van der Waals surface area contributed by atoms with Gasteiger partial charge in [-0.05, 0) is 45.4 Å². The van der Waals surface area contributed by atoms with Crippen molar-refractivity contribution in [1.82, 2.24) is 0 Å². The molecule has 0 bridgehead atoms. The van der Waals surface area contributed by atoms with Gasteiger partial charge in [-0.1, -0.05) is 25.6 Å². The van der Waals surface area contributed by atoms with E-state index in [2.05, 4.69) is 43.7 Å². The van der Waals surface area contributed by atoms with Crippen molar-refractivity contribution in [1.29, 1.82) is 0 Å². The third-order valence-electron chi connectivity index (χ3n) is 2.58. The molecule has 0 heterocycles. The van der Waals surface area contributed by atoms with Crippen LogP contribution in [0.1, 0.15) is 42.3 Å². The molecule has 0 atom stereocenters. The van der Waals surface area contributed by atoms with Gasteiger partial charge in [-0.25, -0.2) is 4.79 Å². The Morgan fingerprint density at radius 2 is 1.81 bits per heavy atom. The molecule has 0 spiro atoms. The summed E-state index contributed by atoms with van der Waals surface area (Å²) in [6.45, 7) is 14.0. The minimum atomic E-state index is -1.46. The van der Waals surface area contributed by atoms with E-state index in [1.54, 1.807) is 6.07 Å². The van der Waals surface area contributed by atoms with Gasteiger partial charge in [-0.2, -0.15) is 0 Å². The summed E-state index contributed by atoms with van der Waals surface area (Å²) in [6.07, 6.45) is 0. The maximum Gasteiger partial charge on any atom is 0.338 e. The third kappa shape index (κ3) is 5.99. The zero-order valence-electron chi connectivity index (χ0n) is 13.9. The lowest BCUT2D eigenvalue weighted by Gasteiger charge is -2.20. The van der Waals surface area contributed by atoms with Crippen LogP contribution in [0.15, 0.2) is 17.0 Å². The van der Waals surface area contributed by atoms with E-state index in [1.807, 2.05) is 33.8 Å². The van der Waals surface area contributed by atoms with Gasteiger partial charge < -0.3 is 4.74 Å². The zero-order valence-corrected chi connectivity index (χ0v) is 15.8. The summed E-state index contributed by atoms with van der Waals surface area (Å²) in [5.41, 5.74) is 4.97. The van der Waals surface area contributed by atoms with Crippen LogP contribution in [0.4, 0.5) is 0 Å². The summed E-state index contributed by atoms with van der Waals surface area (Å²) < 4.78 is 5.45. The fourth-order valence-corrected chi connectivity index (χ4v) is 2.35. The van der Waals surface area contributed by atoms with Crippen molar-refractivity contribution < 1.29 is 9.53 Å². The predicted octanol–water partition coefficient (Wildman–Crippen LogP) is 4.47. The quantitative estimate of drug-likeness (QED) is 0.358. The standard InChI is InChI=1S/C17H24O2SSi/c1-12-14(16(18)19-17(2,3)4)10-13(11-15(12)20)8-9-21(5,6)7/h10-11,20H,1-7H3. The van der Waals surface area contributed by atoms with Crippen molar-refractivity contribution in [3.63, 3.8) is 0 Å². The van der Waals surface area contributed by atoms with Crippen LogP contribution in [0, 0.1) is 18.4 Å². The van der Waals surface area contributed by atoms with E-state index in [0.29, 0.717) is 5.56 Å².